The number of aliphatic hydroxyl groups is 1. The fourth-order valence-corrected chi connectivity index (χ4v) is 12.1. The highest BCUT2D eigenvalue weighted by Crippen LogP contribution is 2.45. The number of phosphoric acid groups is 2. The lowest BCUT2D eigenvalue weighted by Crippen LogP contribution is -2.30. The number of unbranched alkanes of at least 4 members (excludes halogenated alkanes) is 44. The van der Waals surface area contributed by atoms with Crippen molar-refractivity contribution in [3.63, 3.8) is 0 Å². The molecule has 0 saturated heterocycles. The number of ether oxygens (including phenoxy) is 4. The van der Waals surface area contributed by atoms with Crippen molar-refractivity contribution in [2.45, 2.75) is 380 Å². The lowest BCUT2D eigenvalue weighted by molar-refractivity contribution is -0.161. The second-order valence-corrected chi connectivity index (χ2v) is 27.8. The Kier molecular flexibility index (Phi) is 62.4. The van der Waals surface area contributed by atoms with Gasteiger partial charge in [-0.05, 0) is 25.7 Å². The first-order chi connectivity index (χ1) is 42.7. The highest BCUT2D eigenvalue weighted by Gasteiger charge is 2.30. The Labute approximate surface area is 537 Å². The highest BCUT2D eigenvalue weighted by molar-refractivity contribution is 7.47. The van der Waals surface area contributed by atoms with Crippen LogP contribution in [0.5, 0.6) is 0 Å². The number of esters is 4. The summed E-state index contributed by atoms with van der Waals surface area (Å²) in [5, 5.41) is 10.5. The molecule has 0 fully saturated rings. The van der Waals surface area contributed by atoms with E-state index in [2.05, 4.69) is 27.7 Å². The van der Waals surface area contributed by atoms with Crippen molar-refractivity contribution in [2.24, 2.45) is 0 Å². The molecule has 0 aliphatic carbocycles. The van der Waals surface area contributed by atoms with E-state index >= 15 is 0 Å². The topological polar surface area (TPSA) is 237 Å². The Hall–Kier alpha value is -1.94. The van der Waals surface area contributed by atoms with Crippen LogP contribution in [0.1, 0.15) is 362 Å². The summed E-state index contributed by atoms with van der Waals surface area (Å²) in [6.07, 6.45) is 51.6. The fourth-order valence-electron chi connectivity index (χ4n) is 10.5. The summed E-state index contributed by atoms with van der Waals surface area (Å²) in [6.45, 7) is 4.87. The van der Waals surface area contributed by atoms with E-state index in [-0.39, 0.29) is 25.7 Å². The van der Waals surface area contributed by atoms with Crippen LogP contribution in [0.25, 0.3) is 0 Å². The molecule has 0 aliphatic rings. The minimum absolute atomic E-state index is 0.105. The number of rotatable bonds is 70. The van der Waals surface area contributed by atoms with Crippen LogP contribution >= 0.6 is 15.6 Å². The number of carbonyl (C=O) groups is 4. The van der Waals surface area contributed by atoms with Gasteiger partial charge in [0.05, 0.1) is 26.4 Å². The van der Waals surface area contributed by atoms with E-state index in [0.29, 0.717) is 25.7 Å². The summed E-state index contributed by atoms with van der Waals surface area (Å²) in [7, 11) is -9.89. The Morgan fingerprint density at radius 1 is 0.273 bits per heavy atom. The van der Waals surface area contributed by atoms with Gasteiger partial charge in [-0.25, -0.2) is 9.13 Å². The Morgan fingerprint density at radius 2 is 0.455 bits per heavy atom. The van der Waals surface area contributed by atoms with Gasteiger partial charge in [-0.2, -0.15) is 0 Å². The summed E-state index contributed by atoms with van der Waals surface area (Å²) in [4.78, 5) is 72.3. The molecule has 0 aromatic rings. The lowest BCUT2D eigenvalue weighted by atomic mass is 10.0. The van der Waals surface area contributed by atoms with Crippen molar-refractivity contribution < 1.29 is 80.2 Å². The maximum atomic E-state index is 13.0. The van der Waals surface area contributed by atoms with Crippen molar-refractivity contribution in [1.29, 1.82) is 0 Å². The largest absolute Gasteiger partial charge is 0.472 e. The lowest BCUT2D eigenvalue weighted by Gasteiger charge is -2.21. The third-order valence-electron chi connectivity index (χ3n) is 16.1. The maximum absolute atomic E-state index is 13.0. The molecule has 0 aromatic heterocycles. The third kappa shape index (κ3) is 62.8. The van der Waals surface area contributed by atoms with Crippen molar-refractivity contribution in [3.05, 3.63) is 0 Å². The number of carbonyl (C=O) groups excluding carboxylic acids is 4. The molecule has 2 unspecified atom stereocenters. The van der Waals surface area contributed by atoms with Crippen LogP contribution in [-0.2, 0) is 65.4 Å². The molecule has 0 amide bonds. The van der Waals surface area contributed by atoms with Crippen LogP contribution in [0.3, 0.4) is 0 Å². The second kappa shape index (κ2) is 63.8. The van der Waals surface area contributed by atoms with Crippen molar-refractivity contribution in [1.82, 2.24) is 0 Å². The van der Waals surface area contributed by atoms with Crippen molar-refractivity contribution >= 4 is 39.5 Å². The van der Waals surface area contributed by atoms with E-state index in [1.807, 2.05) is 0 Å². The number of phosphoric ester groups is 2. The predicted molar refractivity (Wildman–Crippen MR) is 354 cm³/mol. The van der Waals surface area contributed by atoms with Crippen LogP contribution in [0, 0.1) is 0 Å². The van der Waals surface area contributed by atoms with Gasteiger partial charge in [0.15, 0.2) is 12.2 Å². The van der Waals surface area contributed by atoms with E-state index < -0.39 is 97.5 Å². The van der Waals surface area contributed by atoms with Gasteiger partial charge in [0.25, 0.3) is 0 Å². The molecule has 0 heterocycles. The molecule has 3 N–H and O–H groups in total. The van der Waals surface area contributed by atoms with Crippen LogP contribution in [0.4, 0.5) is 0 Å². The van der Waals surface area contributed by atoms with Gasteiger partial charge in [-0.3, -0.25) is 37.3 Å². The zero-order valence-electron chi connectivity index (χ0n) is 56.7. The molecule has 0 aromatic carbocycles. The molecule has 17 nitrogen and oxygen atoms in total. The van der Waals surface area contributed by atoms with Gasteiger partial charge in [-0.15, -0.1) is 0 Å². The smallest absolute Gasteiger partial charge is 0.462 e. The number of hydrogen-bond donors (Lipinski definition) is 3. The molecule has 5 atom stereocenters. The van der Waals surface area contributed by atoms with Crippen LogP contribution in [0.15, 0.2) is 0 Å². The molecule has 0 spiro atoms. The Balaban J connectivity index is 5.16. The minimum Gasteiger partial charge on any atom is -0.462 e. The average Bonchev–Trinajstić information content (AvgIpc) is 3.55. The van der Waals surface area contributed by atoms with E-state index in [0.717, 1.165) is 109 Å². The quantitative estimate of drug-likeness (QED) is 0.0222. The van der Waals surface area contributed by atoms with E-state index in [9.17, 15) is 43.2 Å². The molecule has 0 aliphatic heterocycles. The molecule has 0 saturated carbocycles. The first-order valence-corrected chi connectivity index (χ1v) is 39.3. The molecular weight excluding hydrogens is 1160 g/mol. The zero-order valence-corrected chi connectivity index (χ0v) is 58.5. The van der Waals surface area contributed by atoms with Gasteiger partial charge in [0.1, 0.15) is 19.3 Å². The van der Waals surface area contributed by atoms with Gasteiger partial charge >= 0.3 is 39.5 Å². The maximum Gasteiger partial charge on any atom is 0.472 e. The zero-order chi connectivity index (χ0) is 64.7. The molecule has 0 radical (unpaired) electrons. The molecule has 0 bridgehead atoms. The molecule has 522 valence electrons. The van der Waals surface area contributed by atoms with Gasteiger partial charge in [0, 0.05) is 25.7 Å². The normalized spacial score (nSPS) is 14.0. The second-order valence-electron chi connectivity index (χ2n) is 24.9. The van der Waals surface area contributed by atoms with E-state index in [4.69, 9.17) is 37.0 Å². The Morgan fingerprint density at radius 3 is 0.670 bits per heavy atom. The van der Waals surface area contributed by atoms with Crippen LogP contribution < -0.4 is 0 Å². The molecule has 0 rings (SSSR count). The van der Waals surface area contributed by atoms with Crippen molar-refractivity contribution in [3.8, 4) is 0 Å². The highest BCUT2D eigenvalue weighted by atomic mass is 31.2. The predicted octanol–water partition coefficient (Wildman–Crippen LogP) is 19.9. The van der Waals surface area contributed by atoms with Crippen LogP contribution in [0.2, 0.25) is 0 Å². The molecule has 19 heteroatoms. The Bertz CT molecular complexity index is 1690. The van der Waals surface area contributed by atoms with E-state index in [1.54, 1.807) is 0 Å². The number of aliphatic hydroxyl groups excluding tert-OH is 1. The summed E-state index contributed by atoms with van der Waals surface area (Å²) >= 11 is 0. The molecular formula is C69H134O17P2. The van der Waals surface area contributed by atoms with E-state index in [1.165, 1.54) is 173 Å². The van der Waals surface area contributed by atoms with Gasteiger partial charge in [-0.1, -0.05) is 310 Å². The summed E-state index contributed by atoms with van der Waals surface area (Å²) in [6, 6.07) is 0. The molecule has 88 heavy (non-hydrogen) atoms. The SMILES string of the molecule is CCCCCCCCCCCCCCCCCCCC(=O)O[C@H](COC(=O)CCCCCCCCCCCCCCCCCC)COP(=O)(O)OC[C@@H](O)COP(=O)(O)OC[C@@H](COC(=O)CCCCCCCCC)OC(=O)CCCCCCCCCC. The third-order valence-corrected chi connectivity index (χ3v) is 18.0. The first-order valence-electron chi connectivity index (χ1n) is 36.3. The minimum atomic E-state index is -4.95. The summed E-state index contributed by atoms with van der Waals surface area (Å²) in [5.74, 6) is -2.13. The summed E-state index contributed by atoms with van der Waals surface area (Å²) in [5.41, 5.74) is 0. The summed E-state index contributed by atoms with van der Waals surface area (Å²) < 4.78 is 68.1. The monoisotopic (exact) mass is 1300 g/mol. The average molecular weight is 1300 g/mol. The van der Waals surface area contributed by atoms with Gasteiger partial charge < -0.3 is 33.8 Å². The van der Waals surface area contributed by atoms with Gasteiger partial charge in [0.2, 0.25) is 0 Å². The standard InChI is InChI=1S/C69H134O17P2/c1-5-9-13-17-21-24-26-28-30-32-34-36-38-40-44-48-52-56-69(74)86-65(60-80-67(72)54-50-46-43-39-37-35-33-31-29-27-25-22-18-14-10-6-2)62-84-88(77,78)82-58-63(70)57-81-87(75,76)83-61-64(59-79-66(71)53-49-45-41-20-16-12-8-4)85-68(73)55-51-47-42-23-19-15-11-7-3/h63-65,70H,5-62H2,1-4H3,(H,75,76)(H,77,78)/t63-,64+,65+/m0/s1. The number of hydrogen-bond acceptors (Lipinski definition) is 15. The van der Waals surface area contributed by atoms with Crippen molar-refractivity contribution in [2.75, 3.05) is 39.6 Å². The van der Waals surface area contributed by atoms with Crippen LogP contribution in [-0.4, -0.2) is 96.7 Å². The fraction of sp³-hybridized carbons (Fsp3) is 0.942. The first kappa shape index (κ1) is 86.1.